The van der Waals surface area contributed by atoms with Gasteiger partial charge in [0.2, 0.25) is 0 Å². The Bertz CT molecular complexity index is 584. The molecule has 0 atom stereocenters. The van der Waals surface area contributed by atoms with E-state index in [4.69, 9.17) is 0 Å². The van der Waals surface area contributed by atoms with Gasteiger partial charge >= 0.3 is 24.0 Å². The van der Waals surface area contributed by atoms with E-state index in [-0.39, 0.29) is 12.1 Å². The standard InChI is InChI=1S/C11H4F10O2/c12-5-1-4(2-6(13)7(5)14)3-23-8(22)9(15,16)10(17,18)11(19,20)21/h1-2H,3H2. The Labute approximate surface area is 120 Å². The molecule has 0 fully saturated rings. The Morgan fingerprint density at radius 3 is 1.74 bits per heavy atom. The normalized spacial score (nSPS) is 13.1. The van der Waals surface area contributed by atoms with Crippen molar-refractivity contribution >= 4 is 5.97 Å². The number of alkyl halides is 7. The smallest absolute Gasteiger partial charge is 0.456 e. The summed E-state index contributed by atoms with van der Waals surface area (Å²) in [5, 5.41) is 0. The van der Waals surface area contributed by atoms with Crippen LogP contribution in [0.2, 0.25) is 0 Å². The van der Waals surface area contributed by atoms with E-state index in [0.717, 1.165) is 0 Å². The van der Waals surface area contributed by atoms with Gasteiger partial charge in [0.1, 0.15) is 6.61 Å². The van der Waals surface area contributed by atoms with Gasteiger partial charge in [-0.15, -0.1) is 0 Å². The van der Waals surface area contributed by atoms with Crippen molar-refractivity contribution in [3.63, 3.8) is 0 Å². The zero-order valence-corrected chi connectivity index (χ0v) is 10.5. The molecule has 0 aliphatic heterocycles. The Kier molecular flexibility index (Phi) is 4.87. The monoisotopic (exact) mass is 358 g/mol. The number of hydrogen-bond acceptors (Lipinski definition) is 2. The summed E-state index contributed by atoms with van der Waals surface area (Å²) in [4.78, 5) is 10.8. The highest BCUT2D eigenvalue weighted by Crippen LogP contribution is 2.47. The third kappa shape index (κ3) is 3.50. The minimum atomic E-state index is -6.75. The summed E-state index contributed by atoms with van der Waals surface area (Å²) >= 11 is 0. The molecule has 0 aliphatic carbocycles. The van der Waals surface area contributed by atoms with Crippen LogP contribution in [-0.4, -0.2) is 24.0 Å². The van der Waals surface area contributed by atoms with Crippen molar-refractivity contribution in [1.82, 2.24) is 0 Å². The number of benzene rings is 1. The lowest BCUT2D eigenvalue weighted by molar-refractivity contribution is -0.348. The van der Waals surface area contributed by atoms with E-state index in [1.807, 2.05) is 0 Å². The molecule has 0 saturated carbocycles. The lowest BCUT2D eigenvalue weighted by Crippen LogP contribution is -2.56. The van der Waals surface area contributed by atoms with Gasteiger partial charge in [-0.1, -0.05) is 0 Å². The van der Waals surface area contributed by atoms with Crippen molar-refractivity contribution < 1.29 is 53.4 Å². The molecule has 0 amide bonds. The number of rotatable bonds is 4. The molecule has 130 valence electrons. The maximum Gasteiger partial charge on any atom is 0.460 e. The molecular weight excluding hydrogens is 354 g/mol. The highest BCUT2D eigenvalue weighted by molar-refractivity contribution is 5.79. The van der Waals surface area contributed by atoms with Gasteiger partial charge in [0.15, 0.2) is 17.5 Å². The first-order valence-corrected chi connectivity index (χ1v) is 5.34. The second-order valence-electron chi connectivity index (χ2n) is 4.10. The van der Waals surface area contributed by atoms with Crippen LogP contribution in [0.3, 0.4) is 0 Å². The van der Waals surface area contributed by atoms with Crippen LogP contribution in [0.4, 0.5) is 43.9 Å². The number of ether oxygens (including phenoxy) is 1. The van der Waals surface area contributed by atoms with Gasteiger partial charge in [0, 0.05) is 0 Å². The number of halogens is 10. The number of hydrogen-bond donors (Lipinski definition) is 0. The van der Waals surface area contributed by atoms with E-state index in [2.05, 4.69) is 4.74 Å². The quantitative estimate of drug-likeness (QED) is 0.462. The largest absolute Gasteiger partial charge is 0.460 e. The number of carbonyl (C=O) groups excluding carboxylic acids is 1. The van der Waals surface area contributed by atoms with Crippen molar-refractivity contribution in [3.8, 4) is 0 Å². The third-order valence-electron chi connectivity index (χ3n) is 2.42. The first kappa shape index (κ1) is 19.0. The van der Waals surface area contributed by atoms with Crippen molar-refractivity contribution in [3.05, 3.63) is 35.1 Å². The van der Waals surface area contributed by atoms with Crippen LogP contribution in [0.1, 0.15) is 5.56 Å². The van der Waals surface area contributed by atoms with Gasteiger partial charge in [-0.25, -0.2) is 18.0 Å². The Balaban J connectivity index is 2.92. The SMILES string of the molecule is O=C(OCc1cc(F)c(F)c(F)c1)C(F)(F)C(F)(F)C(F)(F)F. The molecule has 0 heterocycles. The Morgan fingerprint density at radius 2 is 1.35 bits per heavy atom. The molecule has 0 aromatic heterocycles. The molecule has 0 bridgehead atoms. The predicted molar refractivity (Wildman–Crippen MR) is 52.1 cm³/mol. The van der Waals surface area contributed by atoms with Crippen molar-refractivity contribution in [2.75, 3.05) is 0 Å². The molecule has 0 N–H and O–H groups in total. The summed E-state index contributed by atoms with van der Waals surface area (Å²) in [6.07, 6.45) is -6.75. The zero-order valence-electron chi connectivity index (χ0n) is 10.5. The minimum absolute atomic E-state index is 0.172. The van der Waals surface area contributed by atoms with E-state index >= 15 is 0 Å². The van der Waals surface area contributed by atoms with E-state index in [1.54, 1.807) is 0 Å². The summed E-state index contributed by atoms with van der Waals surface area (Å²) < 4.78 is 128. The third-order valence-corrected chi connectivity index (χ3v) is 2.42. The van der Waals surface area contributed by atoms with Crippen LogP contribution >= 0.6 is 0 Å². The van der Waals surface area contributed by atoms with Crippen molar-refractivity contribution in [2.45, 2.75) is 24.6 Å². The highest BCUT2D eigenvalue weighted by atomic mass is 19.4. The van der Waals surface area contributed by atoms with Gasteiger partial charge in [-0.3, -0.25) is 0 Å². The fourth-order valence-electron chi connectivity index (χ4n) is 1.24. The average molecular weight is 358 g/mol. The summed E-state index contributed by atoms with van der Waals surface area (Å²) in [6, 6.07) is 0.345. The highest BCUT2D eigenvalue weighted by Gasteiger charge is 2.77. The first-order valence-electron chi connectivity index (χ1n) is 5.34. The predicted octanol–water partition coefficient (Wildman–Crippen LogP) is 3.98. The lowest BCUT2D eigenvalue weighted by atomic mass is 10.1. The Morgan fingerprint density at radius 1 is 0.913 bits per heavy atom. The molecule has 0 radical (unpaired) electrons. The van der Waals surface area contributed by atoms with Crippen LogP contribution in [0, 0.1) is 17.5 Å². The molecule has 12 heteroatoms. The molecule has 1 rings (SSSR count). The number of esters is 1. The molecule has 0 unspecified atom stereocenters. The summed E-state index contributed by atoms with van der Waals surface area (Å²) in [7, 11) is 0. The molecule has 2 nitrogen and oxygen atoms in total. The molecular formula is C11H4F10O2. The van der Waals surface area contributed by atoms with Gasteiger partial charge in [-0.05, 0) is 17.7 Å². The zero-order chi connectivity index (χ0) is 18.2. The lowest BCUT2D eigenvalue weighted by Gasteiger charge is -2.26. The molecule has 23 heavy (non-hydrogen) atoms. The maximum atomic E-state index is 12.9. The van der Waals surface area contributed by atoms with Gasteiger partial charge < -0.3 is 4.74 Å². The van der Waals surface area contributed by atoms with E-state index in [0.29, 0.717) is 0 Å². The van der Waals surface area contributed by atoms with Gasteiger partial charge in [0.05, 0.1) is 0 Å². The fraction of sp³-hybridized carbons (Fsp3) is 0.364. The molecule has 1 aromatic rings. The fourth-order valence-corrected chi connectivity index (χ4v) is 1.24. The second kappa shape index (κ2) is 5.89. The summed E-state index contributed by atoms with van der Waals surface area (Å²) in [5.41, 5.74) is -0.791. The first-order chi connectivity index (χ1) is 10.2. The molecule has 1 aromatic carbocycles. The van der Waals surface area contributed by atoms with Crippen LogP contribution in [-0.2, 0) is 16.1 Å². The van der Waals surface area contributed by atoms with Crippen molar-refractivity contribution in [1.29, 1.82) is 0 Å². The van der Waals surface area contributed by atoms with E-state index < -0.39 is 53.6 Å². The summed E-state index contributed by atoms with van der Waals surface area (Å²) in [5.74, 6) is -21.9. The van der Waals surface area contributed by atoms with E-state index in [9.17, 15) is 48.7 Å². The van der Waals surface area contributed by atoms with Crippen LogP contribution in [0.25, 0.3) is 0 Å². The topological polar surface area (TPSA) is 26.3 Å². The summed E-state index contributed by atoms with van der Waals surface area (Å²) in [6.45, 7) is -1.49. The average Bonchev–Trinajstić information content (AvgIpc) is 2.40. The van der Waals surface area contributed by atoms with Gasteiger partial charge in [0.25, 0.3) is 0 Å². The van der Waals surface area contributed by atoms with E-state index in [1.165, 1.54) is 0 Å². The molecule has 0 spiro atoms. The number of carbonyl (C=O) groups is 1. The molecule has 0 saturated heterocycles. The Hall–Kier alpha value is -2.01. The maximum absolute atomic E-state index is 12.9. The van der Waals surface area contributed by atoms with Crippen LogP contribution < -0.4 is 0 Å². The molecule has 0 aliphatic rings. The second-order valence-corrected chi connectivity index (χ2v) is 4.10. The van der Waals surface area contributed by atoms with Crippen molar-refractivity contribution in [2.24, 2.45) is 0 Å². The minimum Gasteiger partial charge on any atom is -0.456 e. The van der Waals surface area contributed by atoms with Gasteiger partial charge in [-0.2, -0.15) is 30.7 Å². The van der Waals surface area contributed by atoms with Crippen LogP contribution in [0.5, 0.6) is 0 Å². The van der Waals surface area contributed by atoms with Crippen LogP contribution in [0.15, 0.2) is 12.1 Å².